The molecule has 0 spiro atoms. The summed E-state index contributed by atoms with van der Waals surface area (Å²) in [5.74, 6) is 1.21. The fourth-order valence-electron chi connectivity index (χ4n) is 3.42. The van der Waals surface area contributed by atoms with E-state index in [-0.39, 0.29) is 12.1 Å². The van der Waals surface area contributed by atoms with Crippen molar-refractivity contribution in [2.24, 2.45) is 11.8 Å². The molecular weight excluding hydrogens is 300 g/mol. The molecule has 3 atom stereocenters. The number of carbonyl (C=O) groups excluding carboxylic acids is 1. The zero-order valence-corrected chi connectivity index (χ0v) is 14.4. The summed E-state index contributed by atoms with van der Waals surface area (Å²) in [6, 6.07) is 10.1. The van der Waals surface area contributed by atoms with Crippen LogP contribution in [0.4, 0.5) is 4.79 Å². The molecule has 3 rings (SSSR count). The highest BCUT2D eigenvalue weighted by Crippen LogP contribution is 2.29. The fraction of sp³-hybridized carbons (Fsp3) is 0.474. The zero-order chi connectivity index (χ0) is 16.9. The van der Waals surface area contributed by atoms with Gasteiger partial charge < -0.3 is 10.6 Å². The Kier molecular flexibility index (Phi) is 5.18. The van der Waals surface area contributed by atoms with Gasteiger partial charge in [-0.15, -0.1) is 0 Å². The van der Waals surface area contributed by atoms with E-state index in [1.165, 1.54) is 12.8 Å². The van der Waals surface area contributed by atoms with Crippen LogP contribution in [0.5, 0.6) is 0 Å². The number of nitrogens with zero attached hydrogens (tertiary/aromatic N) is 2. The molecule has 3 unspecified atom stereocenters. The van der Waals surface area contributed by atoms with Crippen LogP contribution < -0.4 is 10.6 Å². The molecule has 1 saturated carbocycles. The first-order valence-electron chi connectivity index (χ1n) is 8.77. The van der Waals surface area contributed by atoms with Crippen LogP contribution in [0, 0.1) is 11.8 Å². The first-order chi connectivity index (χ1) is 11.6. The lowest BCUT2D eigenvalue weighted by Crippen LogP contribution is -2.47. The largest absolute Gasteiger partial charge is 0.335 e. The molecule has 1 aromatic carbocycles. The number of amides is 2. The van der Waals surface area contributed by atoms with E-state index < -0.39 is 0 Å². The Morgan fingerprint density at radius 2 is 2.17 bits per heavy atom. The van der Waals surface area contributed by atoms with Crippen molar-refractivity contribution in [1.29, 1.82) is 0 Å². The van der Waals surface area contributed by atoms with Crippen molar-refractivity contribution in [1.82, 2.24) is 20.4 Å². The molecule has 5 heteroatoms. The van der Waals surface area contributed by atoms with Crippen LogP contribution in [0.25, 0.3) is 5.69 Å². The van der Waals surface area contributed by atoms with Crippen molar-refractivity contribution < 1.29 is 4.79 Å². The summed E-state index contributed by atoms with van der Waals surface area (Å²) in [6.45, 7) is 5.02. The Morgan fingerprint density at radius 3 is 2.96 bits per heavy atom. The van der Waals surface area contributed by atoms with Crippen LogP contribution in [0.3, 0.4) is 0 Å². The summed E-state index contributed by atoms with van der Waals surface area (Å²) in [7, 11) is 0. The zero-order valence-electron chi connectivity index (χ0n) is 14.4. The third-order valence-corrected chi connectivity index (χ3v) is 5.16. The van der Waals surface area contributed by atoms with Crippen LogP contribution in [0.1, 0.15) is 38.7 Å². The quantitative estimate of drug-likeness (QED) is 0.903. The molecule has 2 N–H and O–H groups in total. The van der Waals surface area contributed by atoms with E-state index in [0.717, 1.165) is 17.7 Å². The molecule has 1 aromatic heterocycles. The summed E-state index contributed by atoms with van der Waals surface area (Å²) in [6.07, 6.45) is 7.20. The summed E-state index contributed by atoms with van der Waals surface area (Å²) < 4.78 is 1.81. The Balaban J connectivity index is 1.54. The number of carbonyl (C=O) groups is 1. The van der Waals surface area contributed by atoms with E-state index in [1.54, 1.807) is 6.20 Å². The molecule has 1 heterocycles. The van der Waals surface area contributed by atoms with Gasteiger partial charge >= 0.3 is 6.03 Å². The smallest absolute Gasteiger partial charge is 0.315 e. The second-order valence-electron chi connectivity index (χ2n) is 6.82. The SMILES string of the molecule is CC1CCCC(NC(=O)NCc2cccc(-n3cccn3)c2)C1C. The van der Waals surface area contributed by atoms with Gasteiger partial charge in [0.15, 0.2) is 0 Å². The van der Waals surface area contributed by atoms with Crippen LogP contribution in [-0.2, 0) is 6.54 Å². The Morgan fingerprint density at radius 1 is 1.29 bits per heavy atom. The molecule has 2 aromatic rings. The maximum Gasteiger partial charge on any atom is 0.315 e. The number of rotatable bonds is 4. The molecule has 0 aliphatic heterocycles. The molecule has 128 valence electrons. The maximum atomic E-state index is 12.2. The first kappa shape index (κ1) is 16.6. The molecule has 2 amide bonds. The van der Waals surface area contributed by atoms with E-state index in [2.05, 4.69) is 29.6 Å². The van der Waals surface area contributed by atoms with Crippen LogP contribution in [0.15, 0.2) is 42.7 Å². The fourth-order valence-corrected chi connectivity index (χ4v) is 3.42. The second kappa shape index (κ2) is 7.51. The average Bonchev–Trinajstić information content (AvgIpc) is 3.12. The van der Waals surface area contributed by atoms with Crippen molar-refractivity contribution in [3.63, 3.8) is 0 Å². The normalized spacial score (nSPS) is 23.7. The lowest BCUT2D eigenvalue weighted by Gasteiger charge is -2.34. The molecule has 1 aliphatic rings. The van der Waals surface area contributed by atoms with Gasteiger partial charge in [0.05, 0.1) is 5.69 Å². The van der Waals surface area contributed by atoms with E-state index >= 15 is 0 Å². The van der Waals surface area contributed by atoms with Crippen molar-refractivity contribution >= 4 is 6.03 Å². The average molecular weight is 326 g/mol. The molecule has 24 heavy (non-hydrogen) atoms. The van der Waals surface area contributed by atoms with Gasteiger partial charge in [0, 0.05) is 25.0 Å². The molecule has 5 nitrogen and oxygen atoms in total. The molecule has 0 saturated heterocycles. The number of nitrogens with one attached hydrogen (secondary N) is 2. The first-order valence-corrected chi connectivity index (χ1v) is 8.77. The van der Waals surface area contributed by atoms with Gasteiger partial charge in [-0.25, -0.2) is 9.48 Å². The predicted molar refractivity (Wildman–Crippen MR) is 94.9 cm³/mol. The third-order valence-electron chi connectivity index (χ3n) is 5.16. The van der Waals surface area contributed by atoms with Crippen molar-refractivity contribution in [2.45, 2.75) is 45.7 Å². The van der Waals surface area contributed by atoms with Gasteiger partial charge in [-0.2, -0.15) is 5.10 Å². The van der Waals surface area contributed by atoms with E-state index in [0.29, 0.717) is 18.4 Å². The summed E-state index contributed by atoms with van der Waals surface area (Å²) >= 11 is 0. The van der Waals surface area contributed by atoms with E-state index in [4.69, 9.17) is 0 Å². The summed E-state index contributed by atoms with van der Waals surface area (Å²) in [4.78, 5) is 12.2. The molecule has 0 radical (unpaired) electrons. The minimum absolute atomic E-state index is 0.0783. The van der Waals surface area contributed by atoms with Crippen molar-refractivity contribution in [3.8, 4) is 5.69 Å². The lowest BCUT2D eigenvalue weighted by atomic mass is 9.78. The van der Waals surface area contributed by atoms with Gasteiger partial charge in [-0.3, -0.25) is 0 Å². The number of aromatic nitrogens is 2. The Bertz CT molecular complexity index is 668. The van der Waals surface area contributed by atoms with E-state index in [1.807, 2.05) is 41.2 Å². The Hall–Kier alpha value is -2.30. The summed E-state index contributed by atoms with van der Waals surface area (Å²) in [5, 5.41) is 10.4. The van der Waals surface area contributed by atoms with Gasteiger partial charge in [-0.1, -0.05) is 38.8 Å². The Labute approximate surface area is 143 Å². The highest BCUT2D eigenvalue weighted by atomic mass is 16.2. The van der Waals surface area contributed by atoms with E-state index in [9.17, 15) is 4.79 Å². The standard InChI is InChI=1S/C19H26N4O/c1-14-6-3-9-18(15(14)2)22-19(24)20-13-16-7-4-8-17(12-16)23-11-5-10-21-23/h4-5,7-8,10-12,14-15,18H,3,6,9,13H2,1-2H3,(H2,20,22,24). The minimum atomic E-state index is -0.0783. The van der Waals surface area contributed by atoms with Crippen molar-refractivity contribution in [2.75, 3.05) is 0 Å². The monoisotopic (exact) mass is 326 g/mol. The van der Waals surface area contributed by atoms with Crippen LogP contribution in [0.2, 0.25) is 0 Å². The predicted octanol–water partition coefficient (Wildman–Crippen LogP) is 3.50. The van der Waals surface area contributed by atoms with Gasteiger partial charge in [-0.05, 0) is 42.0 Å². The summed E-state index contributed by atoms with van der Waals surface area (Å²) in [5.41, 5.74) is 2.05. The van der Waals surface area contributed by atoms with Gasteiger partial charge in [0.1, 0.15) is 0 Å². The van der Waals surface area contributed by atoms with Gasteiger partial charge in [0.2, 0.25) is 0 Å². The number of urea groups is 1. The van der Waals surface area contributed by atoms with Crippen LogP contribution >= 0.6 is 0 Å². The molecule has 1 fully saturated rings. The third kappa shape index (κ3) is 3.96. The molecule has 0 bridgehead atoms. The minimum Gasteiger partial charge on any atom is -0.335 e. The van der Waals surface area contributed by atoms with Crippen molar-refractivity contribution in [3.05, 3.63) is 48.3 Å². The molecule has 1 aliphatic carbocycles. The topological polar surface area (TPSA) is 59.0 Å². The number of benzene rings is 1. The van der Waals surface area contributed by atoms with Gasteiger partial charge in [0.25, 0.3) is 0 Å². The number of hydrogen-bond acceptors (Lipinski definition) is 2. The molecular formula is C19H26N4O. The highest BCUT2D eigenvalue weighted by Gasteiger charge is 2.27. The highest BCUT2D eigenvalue weighted by molar-refractivity contribution is 5.74. The number of hydrogen-bond donors (Lipinski definition) is 2. The second-order valence-corrected chi connectivity index (χ2v) is 6.82. The maximum absolute atomic E-state index is 12.2. The van der Waals surface area contributed by atoms with Crippen LogP contribution in [-0.4, -0.2) is 21.9 Å². The lowest BCUT2D eigenvalue weighted by molar-refractivity contribution is 0.195.